The molecule has 3 aromatic rings. The van der Waals surface area contributed by atoms with Gasteiger partial charge in [-0.1, -0.05) is 48.9 Å². The van der Waals surface area contributed by atoms with E-state index in [4.69, 9.17) is 4.74 Å². The van der Waals surface area contributed by atoms with Gasteiger partial charge in [-0.2, -0.15) is 4.31 Å². The number of carbonyl (C=O) groups excluding carboxylic acids is 2. The highest BCUT2D eigenvalue weighted by atomic mass is 32.2. The van der Waals surface area contributed by atoms with Crippen LogP contribution in [0, 0.1) is 0 Å². The van der Waals surface area contributed by atoms with Gasteiger partial charge in [-0.25, -0.2) is 13.2 Å². The third kappa shape index (κ3) is 4.81. The van der Waals surface area contributed by atoms with E-state index < -0.39 is 28.5 Å². The lowest BCUT2D eigenvalue weighted by molar-refractivity contribution is -0.119. The summed E-state index contributed by atoms with van der Waals surface area (Å²) in [6.07, 6.45) is 2.67. The Hall–Kier alpha value is -3.23. The van der Waals surface area contributed by atoms with Crippen LogP contribution < -0.4 is 5.32 Å². The lowest BCUT2D eigenvalue weighted by Gasteiger charge is -2.25. The van der Waals surface area contributed by atoms with Crippen LogP contribution in [0.5, 0.6) is 0 Å². The number of esters is 1. The summed E-state index contributed by atoms with van der Waals surface area (Å²) < 4.78 is 32.3. The molecule has 8 heteroatoms. The first-order valence-electron chi connectivity index (χ1n) is 10.5. The second-order valence-corrected chi connectivity index (χ2v) is 9.58. The molecule has 1 aliphatic rings. The van der Waals surface area contributed by atoms with Crippen LogP contribution in [-0.4, -0.2) is 44.3 Å². The van der Waals surface area contributed by atoms with E-state index in [9.17, 15) is 18.0 Å². The summed E-state index contributed by atoms with van der Waals surface area (Å²) in [4.78, 5) is 24.8. The van der Waals surface area contributed by atoms with E-state index in [1.165, 1.54) is 28.6 Å². The van der Waals surface area contributed by atoms with Gasteiger partial charge in [0, 0.05) is 24.2 Å². The summed E-state index contributed by atoms with van der Waals surface area (Å²) in [5.74, 6) is -1.24. The Morgan fingerprint density at radius 1 is 0.906 bits per heavy atom. The van der Waals surface area contributed by atoms with Crippen LogP contribution in [0.4, 0.5) is 5.69 Å². The summed E-state index contributed by atoms with van der Waals surface area (Å²) in [5.41, 5.74) is 0.708. The molecule has 1 fully saturated rings. The first-order chi connectivity index (χ1) is 15.4. The topological polar surface area (TPSA) is 92.8 Å². The number of nitrogens with zero attached hydrogens (tertiary/aromatic N) is 1. The van der Waals surface area contributed by atoms with Gasteiger partial charge in [0.1, 0.15) is 0 Å². The van der Waals surface area contributed by atoms with Gasteiger partial charge in [0.2, 0.25) is 10.0 Å². The Balaban J connectivity index is 1.41. The highest BCUT2D eigenvalue weighted by Crippen LogP contribution is 2.23. The maximum absolute atomic E-state index is 12.8. The molecule has 0 bridgehead atoms. The quantitative estimate of drug-likeness (QED) is 0.574. The average molecular weight is 453 g/mol. The molecular weight excluding hydrogens is 428 g/mol. The minimum Gasteiger partial charge on any atom is -0.452 e. The Bertz CT molecular complexity index is 1240. The molecule has 1 N–H and O–H groups in total. The number of carbonyl (C=O) groups is 2. The maximum atomic E-state index is 12.8. The molecule has 4 rings (SSSR count). The summed E-state index contributed by atoms with van der Waals surface area (Å²) in [5, 5.41) is 4.61. The van der Waals surface area contributed by atoms with E-state index in [2.05, 4.69) is 5.32 Å². The molecule has 0 aliphatic carbocycles. The fourth-order valence-electron chi connectivity index (χ4n) is 3.77. The van der Waals surface area contributed by atoms with Gasteiger partial charge in [0.05, 0.1) is 10.5 Å². The SMILES string of the molecule is O=C(COC(=O)c1cccc(S(=O)(=O)N2CCCCC2)c1)Nc1cccc2ccccc12. The molecule has 32 heavy (non-hydrogen) atoms. The van der Waals surface area contributed by atoms with Crippen LogP contribution in [0.2, 0.25) is 0 Å². The van der Waals surface area contributed by atoms with Crippen LogP contribution in [0.1, 0.15) is 29.6 Å². The molecule has 166 valence electrons. The van der Waals surface area contributed by atoms with E-state index in [1.54, 1.807) is 6.07 Å². The van der Waals surface area contributed by atoms with Crippen molar-refractivity contribution in [2.24, 2.45) is 0 Å². The largest absolute Gasteiger partial charge is 0.452 e. The Morgan fingerprint density at radius 2 is 1.62 bits per heavy atom. The molecule has 0 saturated carbocycles. The van der Waals surface area contributed by atoms with Crippen molar-refractivity contribution >= 4 is 38.4 Å². The number of anilines is 1. The van der Waals surface area contributed by atoms with Crippen LogP contribution >= 0.6 is 0 Å². The Morgan fingerprint density at radius 3 is 2.44 bits per heavy atom. The molecule has 3 aromatic carbocycles. The first kappa shape index (κ1) is 22.0. The van der Waals surface area contributed by atoms with Crippen molar-refractivity contribution in [1.82, 2.24) is 4.31 Å². The van der Waals surface area contributed by atoms with Gasteiger partial charge >= 0.3 is 5.97 Å². The van der Waals surface area contributed by atoms with Crippen LogP contribution in [0.15, 0.2) is 71.6 Å². The fraction of sp³-hybridized carbons (Fsp3) is 0.250. The zero-order chi connectivity index (χ0) is 22.6. The minimum atomic E-state index is -3.66. The number of amides is 1. The number of hydrogen-bond acceptors (Lipinski definition) is 5. The number of hydrogen-bond donors (Lipinski definition) is 1. The molecule has 7 nitrogen and oxygen atoms in total. The summed E-state index contributed by atoms with van der Waals surface area (Å²) in [6, 6.07) is 18.9. The van der Waals surface area contributed by atoms with Crippen molar-refractivity contribution in [3.63, 3.8) is 0 Å². The number of sulfonamides is 1. The van der Waals surface area contributed by atoms with Crippen molar-refractivity contribution in [2.45, 2.75) is 24.2 Å². The predicted octanol–water partition coefficient (Wildman–Crippen LogP) is 3.81. The normalized spacial score (nSPS) is 14.8. The average Bonchev–Trinajstić information content (AvgIpc) is 2.83. The smallest absolute Gasteiger partial charge is 0.338 e. The molecule has 1 saturated heterocycles. The summed E-state index contributed by atoms with van der Waals surface area (Å²) in [7, 11) is -3.66. The number of benzene rings is 3. The van der Waals surface area contributed by atoms with E-state index >= 15 is 0 Å². The second kappa shape index (κ2) is 9.50. The highest BCUT2D eigenvalue weighted by molar-refractivity contribution is 7.89. The molecule has 1 heterocycles. The molecule has 0 spiro atoms. The number of fused-ring (bicyclic) bond motifs is 1. The molecule has 1 amide bonds. The molecular formula is C24H24N2O5S. The van der Waals surface area contributed by atoms with E-state index in [-0.39, 0.29) is 10.5 Å². The number of nitrogens with one attached hydrogen (secondary N) is 1. The van der Waals surface area contributed by atoms with E-state index in [1.807, 2.05) is 36.4 Å². The van der Waals surface area contributed by atoms with E-state index in [0.29, 0.717) is 18.8 Å². The van der Waals surface area contributed by atoms with Crippen molar-refractivity contribution < 1.29 is 22.7 Å². The Labute approximate surface area is 187 Å². The van der Waals surface area contributed by atoms with Crippen LogP contribution in [0.25, 0.3) is 10.8 Å². The lowest BCUT2D eigenvalue weighted by atomic mass is 10.1. The van der Waals surface area contributed by atoms with Crippen LogP contribution in [0.3, 0.4) is 0 Å². The number of piperidine rings is 1. The van der Waals surface area contributed by atoms with Gasteiger partial charge in [0.15, 0.2) is 6.61 Å². The maximum Gasteiger partial charge on any atom is 0.338 e. The summed E-state index contributed by atoms with van der Waals surface area (Å²) >= 11 is 0. The third-order valence-corrected chi connectivity index (χ3v) is 7.32. The zero-order valence-corrected chi connectivity index (χ0v) is 18.3. The van der Waals surface area contributed by atoms with Crippen molar-refractivity contribution in [3.8, 4) is 0 Å². The fourth-order valence-corrected chi connectivity index (χ4v) is 5.34. The summed E-state index contributed by atoms with van der Waals surface area (Å²) in [6.45, 7) is 0.474. The van der Waals surface area contributed by atoms with Gasteiger partial charge < -0.3 is 10.1 Å². The molecule has 0 atom stereocenters. The monoisotopic (exact) mass is 452 g/mol. The van der Waals surface area contributed by atoms with Crippen molar-refractivity contribution in [3.05, 3.63) is 72.3 Å². The van der Waals surface area contributed by atoms with Gasteiger partial charge in [0.25, 0.3) is 5.91 Å². The zero-order valence-electron chi connectivity index (χ0n) is 17.5. The van der Waals surface area contributed by atoms with E-state index in [0.717, 1.165) is 30.0 Å². The third-order valence-electron chi connectivity index (χ3n) is 5.42. The second-order valence-electron chi connectivity index (χ2n) is 7.64. The van der Waals surface area contributed by atoms with Crippen molar-refractivity contribution in [1.29, 1.82) is 0 Å². The standard InChI is InChI=1S/C24H24N2O5S/c27-23(25-22-13-7-9-18-8-2-3-12-21(18)22)17-31-24(28)19-10-6-11-20(16-19)32(29,30)26-14-4-1-5-15-26/h2-3,6-13,16H,1,4-5,14-15,17H2,(H,25,27). The first-order valence-corrected chi connectivity index (χ1v) is 11.9. The highest BCUT2D eigenvalue weighted by Gasteiger charge is 2.26. The van der Waals surface area contributed by atoms with Gasteiger partial charge in [-0.15, -0.1) is 0 Å². The predicted molar refractivity (Wildman–Crippen MR) is 122 cm³/mol. The minimum absolute atomic E-state index is 0.0501. The van der Waals surface area contributed by atoms with Gasteiger partial charge in [-0.05, 0) is 42.5 Å². The number of rotatable bonds is 6. The Kier molecular flexibility index (Phi) is 6.53. The molecule has 0 aromatic heterocycles. The molecule has 1 aliphatic heterocycles. The van der Waals surface area contributed by atoms with Crippen molar-refractivity contribution in [2.75, 3.05) is 25.0 Å². The molecule has 0 unspecified atom stereocenters. The van der Waals surface area contributed by atoms with Crippen LogP contribution in [-0.2, 0) is 19.6 Å². The molecule has 0 radical (unpaired) electrons. The number of ether oxygens (including phenoxy) is 1. The van der Waals surface area contributed by atoms with Gasteiger partial charge in [-0.3, -0.25) is 4.79 Å². The lowest BCUT2D eigenvalue weighted by Crippen LogP contribution is -2.35.